The Bertz CT molecular complexity index is 854. The van der Waals surface area contributed by atoms with Crippen molar-refractivity contribution in [1.82, 2.24) is 0 Å². The molecule has 2 aromatic rings. The Labute approximate surface area is 166 Å². The van der Waals surface area contributed by atoms with E-state index in [1.54, 1.807) is 0 Å². The summed E-state index contributed by atoms with van der Waals surface area (Å²) in [6, 6.07) is 7.05. The number of alkyl halides is 1. The zero-order chi connectivity index (χ0) is 20.7. The lowest BCUT2D eigenvalue weighted by atomic mass is 10.0. The molecule has 0 amide bonds. The largest absolute Gasteiger partial charge is 0.481 e. The van der Waals surface area contributed by atoms with Gasteiger partial charge in [0.15, 0.2) is 12.7 Å². The monoisotopic (exact) mass is 412 g/mol. The maximum Gasteiger partial charge on any atom is 0.345 e. The van der Waals surface area contributed by atoms with Crippen molar-refractivity contribution in [3.8, 4) is 16.9 Å². The summed E-state index contributed by atoms with van der Waals surface area (Å²) < 4.78 is 42.4. The fourth-order valence-corrected chi connectivity index (χ4v) is 2.39. The lowest BCUT2D eigenvalue weighted by Crippen LogP contribution is -2.17. The van der Waals surface area contributed by atoms with Crippen LogP contribution in [0.15, 0.2) is 36.4 Å². The van der Waals surface area contributed by atoms with Crippen molar-refractivity contribution in [2.45, 2.75) is 13.8 Å². The van der Waals surface area contributed by atoms with Crippen LogP contribution < -0.4 is 4.74 Å². The summed E-state index contributed by atoms with van der Waals surface area (Å²) in [7, 11) is 0. The van der Waals surface area contributed by atoms with Gasteiger partial charge >= 0.3 is 11.9 Å². The predicted molar refractivity (Wildman–Crippen MR) is 99.2 cm³/mol. The standard InChI is InChI=1S/C20H19ClF2O5/c1-12(2)9-27-20(25)16-7-13(15-5-4-14(22)8-17(15)23)3-6-18(16)26-10-19(24)28-11-21/h3-8,12H,9-11H2,1-2H3. The van der Waals surface area contributed by atoms with Gasteiger partial charge in [0.05, 0.1) is 6.61 Å². The van der Waals surface area contributed by atoms with Crippen LogP contribution in [0, 0.1) is 17.6 Å². The van der Waals surface area contributed by atoms with Crippen LogP contribution in [-0.2, 0) is 14.3 Å². The number of rotatable bonds is 8. The fourth-order valence-electron chi connectivity index (χ4n) is 2.27. The van der Waals surface area contributed by atoms with Crippen molar-refractivity contribution in [2.75, 3.05) is 19.3 Å². The summed E-state index contributed by atoms with van der Waals surface area (Å²) in [6.07, 6.45) is 0. The summed E-state index contributed by atoms with van der Waals surface area (Å²) in [5, 5.41) is 0. The molecule has 28 heavy (non-hydrogen) atoms. The average molecular weight is 413 g/mol. The van der Waals surface area contributed by atoms with E-state index >= 15 is 0 Å². The van der Waals surface area contributed by atoms with Gasteiger partial charge in [-0.15, -0.1) is 0 Å². The van der Waals surface area contributed by atoms with E-state index in [1.807, 2.05) is 13.8 Å². The van der Waals surface area contributed by atoms with Crippen LogP contribution in [0.5, 0.6) is 5.75 Å². The van der Waals surface area contributed by atoms with Gasteiger partial charge in [0.25, 0.3) is 0 Å². The molecule has 0 aromatic heterocycles. The molecule has 150 valence electrons. The Morgan fingerprint density at radius 3 is 2.46 bits per heavy atom. The molecular weight excluding hydrogens is 394 g/mol. The minimum atomic E-state index is -0.777. The Hall–Kier alpha value is -2.67. The van der Waals surface area contributed by atoms with Gasteiger partial charge in [-0.05, 0) is 35.7 Å². The lowest BCUT2D eigenvalue weighted by molar-refractivity contribution is -0.143. The summed E-state index contributed by atoms with van der Waals surface area (Å²) in [6.45, 7) is 3.44. The molecule has 8 heteroatoms. The molecular formula is C20H19ClF2O5. The van der Waals surface area contributed by atoms with Gasteiger partial charge in [-0.3, -0.25) is 0 Å². The fraction of sp³-hybridized carbons (Fsp3) is 0.300. The third kappa shape index (κ3) is 5.92. The molecule has 0 aliphatic carbocycles. The molecule has 0 aliphatic rings. The second kappa shape index (κ2) is 10.0. The first-order valence-electron chi connectivity index (χ1n) is 8.42. The SMILES string of the molecule is CC(C)COC(=O)c1cc(-c2ccc(F)cc2F)ccc1OCC(=O)OCCl. The highest BCUT2D eigenvalue weighted by Crippen LogP contribution is 2.29. The molecule has 0 unspecified atom stereocenters. The van der Waals surface area contributed by atoms with Crippen molar-refractivity contribution in [3.63, 3.8) is 0 Å². The normalized spacial score (nSPS) is 10.6. The highest BCUT2D eigenvalue weighted by molar-refractivity contribution is 6.17. The van der Waals surface area contributed by atoms with Gasteiger partial charge in [-0.2, -0.15) is 0 Å². The van der Waals surface area contributed by atoms with Gasteiger partial charge in [-0.25, -0.2) is 18.4 Å². The zero-order valence-electron chi connectivity index (χ0n) is 15.3. The first-order chi connectivity index (χ1) is 13.3. The van der Waals surface area contributed by atoms with Gasteiger partial charge in [0.1, 0.15) is 22.9 Å². The molecule has 0 bridgehead atoms. The number of hydrogen-bond acceptors (Lipinski definition) is 5. The van der Waals surface area contributed by atoms with Crippen LogP contribution in [0.3, 0.4) is 0 Å². The summed E-state index contributed by atoms with van der Waals surface area (Å²) >= 11 is 5.31. The van der Waals surface area contributed by atoms with Crippen LogP contribution in [-0.4, -0.2) is 31.2 Å². The maximum atomic E-state index is 14.1. The number of carbonyl (C=O) groups excluding carboxylic acids is 2. The number of benzene rings is 2. The Morgan fingerprint density at radius 1 is 1.07 bits per heavy atom. The van der Waals surface area contributed by atoms with Crippen LogP contribution in [0.2, 0.25) is 0 Å². The molecule has 0 radical (unpaired) electrons. The van der Waals surface area contributed by atoms with E-state index in [9.17, 15) is 18.4 Å². The van der Waals surface area contributed by atoms with Gasteiger partial charge < -0.3 is 14.2 Å². The van der Waals surface area contributed by atoms with Crippen molar-refractivity contribution >= 4 is 23.5 Å². The molecule has 0 saturated carbocycles. The second-order valence-electron chi connectivity index (χ2n) is 6.24. The number of hydrogen-bond donors (Lipinski definition) is 0. The van der Waals surface area contributed by atoms with Crippen LogP contribution in [0.25, 0.3) is 11.1 Å². The summed E-state index contributed by atoms with van der Waals surface area (Å²) in [4.78, 5) is 23.9. The van der Waals surface area contributed by atoms with E-state index < -0.39 is 30.2 Å². The molecule has 0 heterocycles. The smallest absolute Gasteiger partial charge is 0.345 e. The van der Waals surface area contributed by atoms with Crippen LogP contribution in [0.1, 0.15) is 24.2 Å². The first-order valence-corrected chi connectivity index (χ1v) is 8.96. The van der Waals surface area contributed by atoms with E-state index in [0.717, 1.165) is 12.1 Å². The number of halogens is 3. The molecule has 0 saturated heterocycles. The summed E-state index contributed by atoms with van der Waals surface area (Å²) in [5.41, 5.74) is 0.428. The second-order valence-corrected chi connectivity index (χ2v) is 6.46. The number of esters is 2. The van der Waals surface area contributed by atoms with Gasteiger partial charge in [0.2, 0.25) is 0 Å². The maximum absolute atomic E-state index is 14.1. The van der Waals surface area contributed by atoms with E-state index in [4.69, 9.17) is 21.1 Å². The zero-order valence-corrected chi connectivity index (χ0v) is 16.1. The predicted octanol–water partition coefficient (Wildman–Crippen LogP) is 4.56. The molecule has 0 N–H and O–H groups in total. The van der Waals surface area contributed by atoms with Gasteiger partial charge in [0, 0.05) is 11.6 Å². The summed E-state index contributed by atoms with van der Waals surface area (Å²) in [5.74, 6) is -2.74. The van der Waals surface area contributed by atoms with Crippen molar-refractivity contribution in [1.29, 1.82) is 0 Å². The molecule has 2 rings (SSSR count). The Morgan fingerprint density at radius 2 is 1.82 bits per heavy atom. The highest BCUT2D eigenvalue weighted by atomic mass is 35.5. The van der Waals surface area contributed by atoms with Crippen LogP contribution in [0.4, 0.5) is 8.78 Å². The van der Waals surface area contributed by atoms with E-state index in [2.05, 4.69) is 4.74 Å². The molecule has 5 nitrogen and oxygen atoms in total. The quantitative estimate of drug-likeness (QED) is 0.469. The van der Waals surface area contributed by atoms with Crippen LogP contribution >= 0.6 is 11.6 Å². The Kier molecular flexibility index (Phi) is 7.75. The Balaban J connectivity index is 2.36. The third-order valence-corrected chi connectivity index (χ3v) is 3.66. The topological polar surface area (TPSA) is 61.8 Å². The molecule has 0 aliphatic heterocycles. The highest BCUT2D eigenvalue weighted by Gasteiger charge is 2.19. The number of ether oxygens (including phenoxy) is 3. The van der Waals surface area contributed by atoms with E-state index in [1.165, 1.54) is 24.3 Å². The minimum Gasteiger partial charge on any atom is -0.481 e. The third-order valence-electron chi connectivity index (χ3n) is 3.55. The molecule has 0 atom stereocenters. The van der Waals surface area contributed by atoms with Crippen molar-refractivity contribution in [3.05, 3.63) is 53.6 Å². The lowest BCUT2D eigenvalue weighted by Gasteiger charge is -2.14. The van der Waals surface area contributed by atoms with Gasteiger partial charge in [-0.1, -0.05) is 31.5 Å². The first kappa shape index (κ1) is 21.6. The van der Waals surface area contributed by atoms with Crippen molar-refractivity contribution < 1.29 is 32.6 Å². The molecule has 0 fully saturated rings. The van der Waals surface area contributed by atoms with E-state index in [0.29, 0.717) is 5.56 Å². The number of carbonyl (C=O) groups is 2. The van der Waals surface area contributed by atoms with Crippen molar-refractivity contribution in [2.24, 2.45) is 5.92 Å². The molecule has 0 spiro atoms. The molecule has 2 aromatic carbocycles. The minimum absolute atomic E-state index is 0.000508. The average Bonchev–Trinajstić information content (AvgIpc) is 2.64. The van der Waals surface area contributed by atoms with E-state index in [-0.39, 0.29) is 35.5 Å².